The van der Waals surface area contributed by atoms with Crippen LogP contribution in [0.5, 0.6) is 0 Å². The van der Waals surface area contributed by atoms with E-state index in [-0.39, 0.29) is 5.56 Å². The molecule has 1 aromatic rings. The van der Waals surface area contributed by atoms with Gasteiger partial charge in [0.1, 0.15) is 0 Å². The van der Waals surface area contributed by atoms with Crippen molar-refractivity contribution in [3.8, 4) is 0 Å². The number of aromatic nitrogens is 2. The van der Waals surface area contributed by atoms with E-state index < -0.39 is 5.79 Å². The maximum Gasteiger partial charge on any atom is 0.290 e. The first-order chi connectivity index (χ1) is 8.29. The van der Waals surface area contributed by atoms with E-state index in [1.165, 1.54) is 0 Å². The van der Waals surface area contributed by atoms with Crippen LogP contribution in [-0.2, 0) is 9.47 Å². The lowest BCUT2D eigenvalue weighted by atomic mass is 10.0. The molecule has 17 heavy (non-hydrogen) atoms. The molecule has 3 heterocycles. The Morgan fingerprint density at radius 1 is 1.29 bits per heavy atom. The van der Waals surface area contributed by atoms with E-state index in [9.17, 15) is 4.79 Å². The molecule has 0 saturated carbocycles. The molecule has 0 atom stereocenters. The number of anilines is 1. The van der Waals surface area contributed by atoms with Gasteiger partial charge in [-0.25, -0.2) is 4.98 Å². The number of H-pyrrole nitrogens is 1. The van der Waals surface area contributed by atoms with E-state index in [2.05, 4.69) is 9.97 Å². The fourth-order valence-corrected chi connectivity index (χ4v) is 2.41. The summed E-state index contributed by atoms with van der Waals surface area (Å²) in [6.07, 6.45) is 4.70. The Labute approximate surface area is 98.6 Å². The van der Waals surface area contributed by atoms with Crippen molar-refractivity contribution in [2.75, 3.05) is 31.2 Å². The molecule has 1 spiro atoms. The zero-order valence-electron chi connectivity index (χ0n) is 9.52. The predicted octanol–water partition coefficient (Wildman–Crippen LogP) is 0.113. The van der Waals surface area contributed by atoms with Crippen LogP contribution in [0, 0.1) is 0 Å². The number of ether oxygens (including phenoxy) is 2. The van der Waals surface area contributed by atoms with Crippen LogP contribution in [0.2, 0.25) is 0 Å². The lowest BCUT2D eigenvalue weighted by Gasteiger charge is -2.37. The summed E-state index contributed by atoms with van der Waals surface area (Å²) >= 11 is 0. The van der Waals surface area contributed by atoms with Crippen molar-refractivity contribution in [3.63, 3.8) is 0 Å². The van der Waals surface area contributed by atoms with E-state index in [0.717, 1.165) is 25.9 Å². The lowest BCUT2D eigenvalue weighted by molar-refractivity contribution is -0.169. The maximum atomic E-state index is 11.6. The van der Waals surface area contributed by atoms with Crippen molar-refractivity contribution < 1.29 is 9.47 Å². The van der Waals surface area contributed by atoms with Crippen LogP contribution in [0.3, 0.4) is 0 Å². The fourth-order valence-electron chi connectivity index (χ4n) is 2.41. The van der Waals surface area contributed by atoms with Crippen LogP contribution in [-0.4, -0.2) is 42.1 Å². The first kappa shape index (κ1) is 10.7. The molecule has 1 aromatic heterocycles. The Morgan fingerprint density at radius 2 is 2.00 bits per heavy atom. The van der Waals surface area contributed by atoms with Crippen molar-refractivity contribution in [3.05, 3.63) is 22.7 Å². The van der Waals surface area contributed by atoms with Crippen molar-refractivity contribution in [1.82, 2.24) is 9.97 Å². The standard InChI is InChI=1S/C11H15N3O3/c15-10-9(12-3-4-13-10)14-5-1-11(2-6-14)16-7-8-17-11/h3-4H,1-2,5-8H2,(H,13,15). The minimum atomic E-state index is -0.405. The van der Waals surface area contributed by atoms with Crippen molar-refractivity contribution in [1.29, 1.82) is 0 Å². The summed E-state index contributed by atoms with van der Waals surface area (Å²) in [6, 6.07) is 0. The first-order valence-electron chi connectivity index (χ1n) is 5.86. The molecule has 0 aromatic carbocycles. The smallest absolute Gasteiger partial charge is 0.290 e. The lowest BCUT2D eigenvalue weighted by Crippen LogP contribution is -2.46. The Hall–Kier alpha value is -1.40. The highest BCUT2D eigenvalue weighted by molar-refractivity contribution is 5.35. The number of piperidine rings is 1. The second-order valence-corrected chi connectivity index (χ2v) is 4.34. The molecule has 0 amide bonds. The Balaban J connectivity index is 1.73. The van der Waals surface area contributed by atoms with Crippen LogP contribution in [0.15, 0.2) is 17.2 Å². The highest BCUT2D eigenvalue weighted by Gasteiger charge is 2.40. The highest BCUT2D eigenvalue weighted by atomic mass is 16.7. The van der Waals surface area contributed by atoms with Gasteiger partial charge >= 0.3 is 0 Å². The van der Waals surface area contributed by atoms with E-state index in [1.54, 1.807) is 12.4 Å². The Kier molecular flexibility index (Phi) is 2.60. The van der Waals surface area contributed by atoms with E-state index in [4.69, 9.17) is 9.47 Å². The van der Waals surface area contributed by atoms with Gasteiger partial charge in [0.25, 0.3) is 5.56 Å². The second kappa shape index (κ2) is 4.12. The second-order valence-electron chi connectivity index (χ2n) is 4.34. The van der Waals surface area contributed by atoms with Crippen molar-refractivity contribution >= 4 is 5.82 Å². The molecule has 3 rings (SSSR count). The molecular weight excluding hydrogens is 222 g/mol. The molecule has 0 aliphatic carbocycles. The summed E-state index contributed by atoms with van der Waals surface area (Å²) in [5, 5.41) is 0. The number of aromatic amines is 1. The summed E-state index contributed by atoms with van der Waals surface area (Å²) in [6.45, 7) is 2.81. The molecule has 2 aliphatic heterocycles. The number of rotatable bonds is 1. The van der Waals surface area contributed by atoms with Gasteiger partial charge < -0.3 is 19.4 Å². The summed E-state index contributed by atoms with van der Waals surface area (Å²) in [5.74, 6) is 0.0817. The number of hydrogen-bond acceptors (Lipinski definition) is 5. The number of nitrogens with one attached hydrogen (secondary N) is 1. The molecule has 2 fully saturated rings. The van der Waals surface area contributed by atoms with E-state index >= 15 is 0 Å². The van der Waals surface area contributed by atoms with Crippen LogP contribution in [0.25, 0.3) is 0 Å². The van der Waals surface area contributed by atoms with E-state index in [0.29, 0.717) is 19.0 Å². The summed E-state index contributed by atoms with van der Waals surface area (Å²) in [5.41, 5.74) is -0.142. The van der Waals surface area contributed by atoms with Gasteiger partial charge in [-0.15, -0.1) is 0 Å². The quantitative estimate of drug-likeness (QED) is 0.751. The van der Waals surface area contributed by atoms with Gasteiger partial charge in [-0.3, -0.25) is 4.79 Å². The van der Waals surface area contributed by atoms with Gasteiger partial charge in [-0.2, -0.15) is 0 Å². The van der Waals surface area contributed by atoms with Gasteiger partial charge in [-0.1, -0.05) is 0 Å². The van der Waals surface area contributed by atoms with E-state index in [1.807, 2.05) is 4.90 Å². The average molecular weight is 237 g/mol. The van der Waals surface area contributed by atoms with Crippen LogP contribution >= 0.6 is 0 Å². The van der Waals surface area contributed by atoms with Crippen molar-refractivity contribution in [2.24, 2.45) is 0 Å². The SMILES string of the molecule is O=c1[nH]ccnc1N1CCC2(CC1)OCCO2. The monoisotopic (exact) mass is 237 g/mol. The molecule has 92 valence electrons. The highest BCUT2D eigenvalue weighted by Crippen LogP contribution is 2.31. The van der Waals surface area contributed by atoms with Crippen LogP contribution < -0.4 is 10.5 Å². The molecular formula is C11H15N3O3. The average Bonchev–Trinajstić information content (AvgIpc) is 2.80. The minimum absolute atomic E-state index is 0.142. The predicted molar refractivity (Wildman–Crippen MR) is 60.9 cm³/mol. The largest absolute Gasteiger partial charge is 0.352 e. The molecule has 2 aliphatic rings. The van der Waals surface area contributed by atoms with Crippen LogP contribution in [0.4, 0.5) is 5.82 Å². The third-order valence-electron chi connectivity index (χ3n) is 3.33. The molecule has 0 unspecified atom stereocenters. The first-order valence-corrected chi connectivity index (χ1v) is 5.86. The zero-order chi connectivity index (χ0) is 11.7. The molecule has 1 N–H and O–H groups in total. The van der Waals surface area contributed by atoms with Gasteiger partial charge in [0.15, 0.2) is 11.6 Å². The fraction of sp³-hybridized carbons (Fsp3) is 0.636. The number of hydrogen-bond donors (Lipinski definition) is 1. The molecule has 6 nitrogen and oxygen atoms in total. The minimum Gasteiger partial charge on any atom is -0.352 e. The van der Waals surface area contributed by atoms with Gasteiger partial charge in [0, 0.05) is 38.3 Å². The molecule has 0 radical (unpaired) electrons. The summed E-state index contributed by atoms with van der Waals surface area (Å²) in [7, 11) is 0. The molecule has 2 saturated heterocycles. The van der Waals surface area contributed by atoms with Crippen LogP contribution in [0.1, 0.15) is 12.8 Å². The molecule has 6 heteroatoms. The zero-order valence-corrected chi connectivity index (χ0v) is 9.52. The molecule has 0 bridgehead atoms. The van der Waals surface area contributed by atoms with Gasteiger partial charge in [0.2, 0.25) is 0 Å². The summed E-state index contributed by atoms with van der Waals surface area (Å²) < 4.78 is 11.3. The number of nitrogens with zero attached hydrogens (tertiary/aromatic N) is 2. The summed E-state index contributed by atoms with van der Waals surface area (Å²) in [4.78, 5) is 20.3. The van der Waals surface area contributed by atoms with Gasteiger partial charge in [-0.05, 0) is 0 Å². The van der Waals surface area contributed by atoms with Crippen molar-refractivity contribution in [2.45, 2.75) is 18.6 Å². The normalized spacial score (nSPS) is 23.2. The third-order valence-corrected chi connectivity index (χ3v) is 3.33. The Morgan fingerprint density at radius 3 is 2.65 bits per heavy atom. The third kappa shape index (κ3) is 1.94. The Bertz CT molecular complexity index is 443. The van der Waals surface area contributed by atoms with Gasteiger partial charge in [0.05, 0.1) is 13.2 Å². The maximum absolute atomic E-state index is 11.6. The topological polar surface area (TPSA) is 67.5 Å².